The quantitative estimate of drug-likeness (QED) is 0.883. The first-order chi connectivity index (χ1) is 8.72. The number of benzene rings is 1. The van der Waals surface area contributed by atoms with Crippen molar-refractivity contribution in [2.24, 2.45) is 0 Å². The smallest absolute Gasteiger partial charge is 0.244 e. The number of anilines is 1. The topological polar surface area (TPSA) is 56.1 Å². The average molecular weight is 243 g/mol. The standard InChI is InChI=1S/C14H17N3O/c1-11(14(18)17-8-4-5-9-17)16-13-7-3-2-6-12(13)10-15/h2-3,6-7,11,16H,4-5,8-9H2,1H3. The van der Waals surface area contributed by atoms with Gasteiger partial charge >= 0.3 is 0 Å². The second-order valence-corrected chi connectivity index (χ2v) is 4.56. The maximum atomic E-state index is 12.1. The Labute approximate surface area is 107 Å². The van der Waals surface area contributed by atoms with Crippen LogP contribution in [0.4, 0.5) is 5.69 Å². The van der Waals surface area contributed by atoms with Crippen LogP contribution in [0.3, 0.4) is 0 Å². The Morgan fingerprint density at radius 3 is 2.72 bits per heavy atom. The van der Waals surface area contributed by atoms with E-state index in [1.54, 1.807) is 6.07 Å². The summed E-state index contributed by atoms with van der Waals surface area (Å²) in [6.45, 7) is 3.55. The minimum atomic E-state index is -0.294. The highest BCUT2D eigenvalue weighted by Gasteiger charge is 2.23. The molecule has 0 spiro atoms. The Kier molecular flexibility index (Phi) is 3.83. The minimum Gasteiger partial charge on any atom is -0.373 e. The van der Waals surface area contributed by atoms with Crippen molar-refractivity contribution < 1.29 is 4.79 Å². The van der Waals surface area contributed by atoms with Crippen molar-refractivity contribution in [1.82, 2.24) is 4.90 Å². The van der Waals surface area contributed by atoms with Gasteiger partial charge in [-0.15, -0.1) is 0 Å². The van der Waals surface area contributed by atoms with Crippen molar-refractivity contribution in [3.8, 4) is 6.07 Å². The number of hydrogen-bond donors (Lipinski definition) is 1. The van der Waals surface area contributed by atoms with Gasteiger partial charge in [0, 0.05) is 13.1 Å². The molecule has 1 N–H and O–H groups in total. The summed E-state index contributed by atoms with van der Waals surface area (Å²) in [7, 11) is 0. The predicted octanol–water partition coefficient (Wildman–Crippen LogP) is 1.98. The molecule has 4 heteroatoms. The van der Waals surface area contributed by atoms with Crippen LogP contribution in [0, 0.1) is 11.3 Å². The summed E-state index contributed by atoms with van der Waals surface area (Å²) in [4.78, 5) is 14.0. The van der Waals surface area contributed by atoms with E-state index >= 15 is 0 Å². The Morgan fingerprint density at radius 2 is 2.06 bits per heavy atom. The van der Waals surface area contributed by atoms with Gasteiger partial charge in [0.15, 0.2) is 0 Å². The van der Waals surface area contributed by atoms with Gasteiger partial charge in [-0.1, -0.05) is 12.1 Å². The number of nitrogens with one attached hydrogen (secondary N) is 1. The SMILES string of the molecule is CC(Nc1ccccc1C#N)C(=O)N1CCCC1. The maximum Gasteiger partial charge on any atom is 0.244 e. The molecular weight excluding hydrogens is 226 g/mol. The van der Waals surface area contributed by atoms with Crippen LogP contribution in [0.2, 0.25) is 0 Å². The molecular formula is C14H17N3O. The van der Waals surface area contributed by atoms with E-state index in [-0.39, 0.29) is 11.9 Å². The van der Waals surface area contributed by atoms with Crippen LogP contribution in [0.5, 0.6) is 0 Å². The second-order valence-electron chi connectivity index (χ2n) is 4.56. The Bertz CT molecular complexity index is 472. The third-order valence-electron chi connectivity index (χ3n) is 3.21. The molecule has 0 bridgehead atoms. The van der Waals surface area contributed by atoms with Crippen LogP contribution < -0.4 is 5.32 Å². The normalized spacial score (nSPS) is 16.1. The van der Waals surface area contributed by atoms with Crippen molar-refractivity contribution in [2.75, 3.05) is 18.4 Å². The molecule has 1 fully saturated rings. The summed E-state index contributed by atoms with van der Waals surface area (Å²) >= 11 is 0. The van der Waals surface area contributed by atoms with Crippen LogP contribution in [-0.4, -0.2) is 29.9 Å². The van der Waals surface area contributed by atoms with E-state index in [0.717, 1.165) is 31.6 Å². The molecule has 4 nitrogen and oxygen atoms in total. The Hall–Kier alpha value is -2.02. The molecule has 1 atom stereocenters. The lowest BCUT2D eigenvalue weighted by molar-refractivity contribution is -0.130. The van der Waals surface area contributed by atoms with Gasteiger partial charge in [0.05, 0.1) is 11.3 Å². The third-order valence-corrected chi connectivity index (χ3v) is 3.21. The van der Waals surface area contributed by atoms with E-state index in [1.807, 2.05) is 30.0 Å². The van der Waals surface area contributed by atoms with E-state index < -0.39 is 0 Å². The Balaban J connectivity index is 2.04. The maximum absolute atomic E-state index is 12.1. The summed E-state index contributed by atoms with van der Waals surface area (Å²) in [5.41, 5.74) is 1.29. The van der Waals surface area contributed by atoms with Gasteiger partial charge in [-0.05, 0) is 31.9 Å². The number of nitrogens with zero attached hydrogens (tertiary/aromatic N) is 2. The van der Waals surface area contributed by atoms with Crippen LogP contribution in [-0.2, 0) is 4.79 Å². The molecule has 0 aliphatic carbocycles. The number of likely N-dealkylation sites (tertiary alicyclic amines) is 1. The number of nitriles is 1. The predicted molar refractivity (Wildman–Crippen MR) is 70.1 cm³/mol. The van der Waals surface area contributed by atoms with Crippen LogP contribution in [0.15, 0.2) is 24.3 Å². The number of carbonyl (C=O) groups is 1. The molecule has 2 rings (SSSR count). The fraction of sp³-hybridized carbons (Fsp3) is 0.429. The van der Waals surface area contributed by atoms with Gasteiger partial charge in [-0.25, -0.2) is 0 Å². The van der Waals surface area contributed by atoms with Crippen molar-refractivity contribution in [2.45, 2.75) is 25.8 Å². The number of para-hydroxylation sites is 1. The van der Waals surface area contributed by atoms with E-state index in [1.165, 1.54) is 0 Å². The molecule has 1 aliphatic heterocycles. The molecule has 0 saturated carbocycles. The first kappa shape index (κ1) is 12.4. The number of carbonyl (C=O) groups excluding carboxylic acids is 1. The molecule has 1 saturated heterocycles. The van der Waals surface area contributed by atoms with Crippen molar-refractivity contribution in [1.29, 1.82) is 5.26 Å². The van der Waals surface area contributed by atoms with Crippen molar-refractivity contribution in [3.63, 3.8) is 0 Å². The summed E-state index contributed by atoms with van der Waals surface area (Å²) < 4.78 is 0. The minimum absolute atomic E-state index is 0.111. The molecule has 1 aliphatic rings. The van der Waals surface area contributed by atoms with Crippen LogP contribution >= 0.6 is 0 Å². The van der Waals surface area contributed by atoms with Gasteiger partial charge in [0.1, 0.15) is 12.1 Å². The fourth-order valence-corrected chi connectivity index (χ4v) is 2.21. The van der Waals surface area contributed by atoms with E-state index in [9.17, 15) is 4.79 Å². The second kappa shape index (κ2) is 5.54. The average Bonchev–Trinajstić information content (AvgIpc) is 2.92. The van der Waals surface area contributed by atoms with Crippen molar-refractivity contribution in [3.05, 3.63) is 29.8 Å². The zero-order valence-corrected chi connectivity index (χ0v) is 10.5. The zero-order valence-electron chi connectivity index (χ0n) is 10.5. The zero-order chi connectivity index (χ0) is 13.0. The summed E-state index contributed by atoms with van der Waals surface area (Å²) in [6, 6.07) is 9.07. The van der Waals surface area contributed by atoms with Crippen molar-refractivity contribution >= 4 is 11.6 Å². The van der Waals surface area contributed by atoms with E-state index in [0.29, 0.717) is 5.56 Å². The van der Waals surface area contributed by atoms with Gasteiger partial charge in [0.25, 0.3) is 0 Å². The third kappa shape index (κ3) is 2.62. The highest BCUT2D eigenvalue weighted by Crippen LogP contribution is 2.16. The molecule has 1 amide bonds. The number of hydrogen-bond acceptors (Lipinski definition) is 3. The largest absolute Gasteiger partial charge is 0.373 e. The van der Waals surface area contributed by atoms with E-state index in [4.69, 9.17) is 5.26 Å². The summed E-state index contributed by atoms with van der Waals surface area (Å²) in [5.74, 6) is 0.111. The molecule has 1 unspecified atom stereocenters. The lowest BCUT2D eigenvalue weighted by Gasteiger charge is -2.22. The van der Waals surface area contributed by atoms with Gasteiger partial charge in [0.2, 0.25) is 5.91 Å². The molecule has 1 heterocycles. The molecule has 1 aromatic rings. The van der Waals surface area contributed by atoms with Gasteiger partial charge < -0.3 is 10.2 Å². The lowest BCUT2D eigenvalue weighted by atomic mass is 10.1. The molecule has 1 aromatic carbocycles. The Morgan fingerprint density at radius 1 is 1.39 bits per heavy atom. The monoisotopic (exact) mass is 243 g/mol. The molecule has 0 aromatic heterocycles. The van der Waals surface area contributed by atoms with Crippen LogP contribution in [0.1, 0.15) is 25.3 Å². The fourth-order valence-electron chi connectivity index (χ4n) is 2.21. The first-order valence-electron chi connectivity index (χ1n) is 6.27. The summed E-state index contributed by atoms with van der Waals surface area (Å²) in [6.07, 6.45) is 2.18. The summed E-state index contributed by atoms with van der Waals surface area (Å²) in [5, 5.41) is 12.1. The molecule has 94 valence electrons. The first-order valence-corrected chi connectivity index (χ1v) is 6.27. The highest BCUT2D eigenvalue weighted by atomic mass is 16.2. The lowest BCUT2D eigenvalue weighted by Crippen LogP contribution is -2.39. The van der Waals surface area contributed by atoms with Gasteiger partial charge in [-0.2, -0.15) is 5.26 Å². The highest BCUT2D eigenvalue weighted by molar-refractivity contribution is 5.85. The number of amides is 1. The van der Waals surface area contributed by atoms with Gasteiger partial charge in [-0.3, -0.25) is 4.79 Å². The molecule has 18 heavy (non-hydrogen) atoms. The molecule has 0 radical (unpaired) electrons. The number of rotatable bonds is 3. The van der Waals surface area contributed by atoms with Crippen LogP contribution in [0.25, 0.3) is 0 Å². The van der Waals surface area contributed by atoms with E-state index in [2.05, 4.69) is 11.4 Å².